The fourth-order valence-corrected chi connectivity index (χ4v) is 3.90. The van der Waals surface area contributed by atoms with Crippen LogP contribution in [0.3, 0.4) is 0 Å². The molecule has 1 aromatic carbocycles. The van der Waals surface area contributed by atoms with Crippen molar-refractivity contribution in [2.24, 2.45) is 0 Å². The molecule has 1 aliphatic heterocycles. The lowest BCUT2D eigenvalue weighted by Crippen LogP contribution is -2.43. The Morgan fingerprint density at radius 1 is 1.43 bits per heavy atom. The number of phenolic OH excluding ortho intramolecular Hbond substituents is 1. The maximum Gasteiger partial charge on any atom is 0.282 e. The molecule has 1 unspecified atom stereocenters. The van der Waals surface area contributed by atoms with Gasteiger partial charge in [0, 0.05) is 12.1 Å². The predicted octanol–water partition coefficient (Wildman–Crippen LogP) is 0.607. The number of sulfone groups is 1. The molecule has 1 fully saturated rings. The van der Waals surface area contributed by atoms with Crippen LogP contribution in [0.4, 0.5) is 5.69 Å². The molecule has 2 rings (SSSR count). The van der Waals surface area contributed by atoms with E-state index in [1.807, 2.05) is 0 Å². The summed E-state index contributed by atoms with van der Waals surface area (Å²) in [7, 11) is -3.19. The van der Waals surface area contributed by atoms with Crippen LogP contribution >= 0.6 is 0 Å². The predicted molar refractivity (Wildman–Crippen MR) is 73.9 cm³/mol. The van der Waals surface area contributed by atoms with Gasteiger partial charge in [-0.25, -0.2) is 8.42 Å². The number of carbonyl (C=O) groups excluding carboxylic acids is 1. The second-order valence-corrected chi connectivity index (χ2v) is 7.11. The van der Waals surface area contributed by atoms with Crippen molar-refractivity contribution in [2.45, 2.75) is 18.9 Å². The number of carbonyl (C=O) groups is 1. The highest BCUT2D eigenvalue weighted by atomic mass is 32.2. The van der Waals surface area contributed by atoms with E-state index in [-0.39, 0.29) is 22.8 Å². The standard InChI is InChI=1S/C12H14N2O6S/c15-9-3-4-11(14(17)18)10(6-9)12(16)13-8-2-1-5-21(19,20)7-8/h3-4,6,8,15H,1-2,5,7H2,(H,13,16). The van der Waals surface area contributed by atoms with Crippen molar-refractivity contribution in [1.82, 2.24) is 5.32 Å². The van der Waals surface area contributed by atoms with Crippen molar-refractivity contribution in [3.63, 3.8) is 0 Å². The Morgan fingerprint density at radius 3 is 2.76 bits per heavy atom. The number of benzene rings is 1. The molecule has 1 atom stereocenters. The Morgan fingerprint density at radius 2 is 2.14 bits per heavy atom. The van der Waals surface area contributed by atoms with Gasteiger partial charge in [-0.1, -0.05) is 0 Å². The fourth-order valence-electron chi connectivity index (χ4n) is 2.26. The van der Waals surface area contributed by atoms with E-state index < -0.39 is 32.4 Å². The van der Waals surface area contributed by atoms with Crippen LogP contribution in [0.2, 0.25) is 0 Å². The number of nitro groups is 1. The van der Waals surface area contributed by atoms with E-state index in [0.717, 1.165) is 18.2 Å². The summed E-state index contributed by atoms with van der Waals surface area (Å²) < 4.78 is 23.0. The highest BCUT2D eigenvalue weighted by molar-refractivity contribution is 7.91. The quantitative estimate of drug-likeness (QED) is 0.621. The first-order valence-electron chi connectivity index (χ1n) is 6.27. The summed E-state index contributed by atoms with van der Waals surface area (Å²) in [6.07, 6.45) is 0.937. The summed E-state index contributed by atoms with van der Waals surface area (Å²) in [6, 6.07) is 2.56. The van der Waals surface area contributed by atoms with Crippen LogP contribution in [0.25, 0.3) is 0 Å². The van der Waals surface area contributed by atoms with E-state index in [9.17, 15) is 28.4 Å². The van der Waals surface area contributed by atoms with E-state index in [4.69, 9.17) is 0 Å². The molecule has 0 bridgehead atoms. The van der Waals surface area contributed by atoms with Gasteiger partial charge in [0.25, 0.3) is 11.6 Å². The van der Waals surface area contributed by atoms with E-state index in [1.54, 1.807) is 0 Å². The molecule has 1 aliphatic rings. The topological polar surface area (TPSA) is 127 Å². The van der Waals surface area contributed by atoms with E-state index in [1.165, 1.54) is 0 Å². The van der Waals surface area contributed by atoms with Gasteiger partial charge in [-0.15, -0.1) is 0 Å². The molecule has 2 N–H and O–H groups in total. The fraction of sp³-hybridized carbons (Fsp3) is 0.417. The minimum Gasteiger partial charge on any atom is -0.508 e. The largest absolute Gasteiger partial charge is 0.508 e. The minimum absolute atomic E-state index is 0.0889. The van der Waals surface area contributed by atoms with Crippen LogP contribution in [0.1, 0.15) is 23.2 Å². The monoisotopic (exact) mass is 314 g/mol. The van der Waals surface area contributed by atoms with Gasteiger partial charge in [-0.05, 0) is 25.0 Å². The summed E-state index contributed by atoms with van der Waals surface area (Å²) in [6.45, 7) is 0. The molecular weight excluding hydrogens is 300 g/mol. The third-order valence-corrected chi connectivity index (χ3v) is 5.04. The zero-order valence-electron chi connectivity index (χ0n) is 11.0. The third kappa shape index (κ3) is 3.69. The Hall–Kier alpha value is -2.16. The van der Waals surface area contributed by atoms with Crippen LogP contribution in [-0.4, -0.2) is 41.9 Å². The van der Waals surface area contributed by atoms with Crippen molar-refractivity contribution in [3.05, 3.63) is 33.9 Å². The maximum atomic E-state index is 12.1. The number of nitro benzene ring substituents is 1. The van der Waals surface area contributed by atoms with Crippen LogP contribution in [-0.2, 0) is 9.84 Å². The second-order valence-electron chi connectivity index (χ2n) is 4.89. The lowest BCUT2D eigenvalue weighted by molar-refractivity contribution is -0.385. The molecule has 0 radical (unpaired) electrons. The molecule has 9 heteroatoms. The van der Waals surface area contributed by atoms with Gasteiger partial charge in [-0.2, -0.15) is 0 Å². The Kier molecular flexibility index (Phi) is 4.12. The van der Waals surface area contributed by atoms with Gasteiger partial charge in [0.15, 0.2) is 9.84 Å². The van der Waals surface area contributed by atoms with Crippen LogP contribution in [0.5, 0.6) is 5.75 Å². The summed E-state index contributed by atoms with van der Waals surface area (Å²) >= 11 is 0. The van der Waals surface area contributed by atoms with Gasteiger partial charge in [0.05, 0.1) is 16.4 Å². The molecule has 1 amide bonds. The molecule has 0 aromatic heterocycles. The van der Waals surface area contributed by atoms with Crippen molar-refractivity contribution < 1.29 is 23.2 Å². The summed E-state index contributed by atoms with van der Waals surface area (Å²) in [5, 5.41) is 22.7. The molecule has 1 heterocycles. The Labute approximate surface area is 120 Å². The molecule has 0 spiro atoms. The van der Waals surface area contributed by atoms with Crippen molar-refractivity contribution in [1.29, 1.82) is 0 Å². The van der Waals surface area contributed by atoms with Crippen LogP contribution < -0.4 is 5.32 Å². The molecule has 114 valence electrons. The van der Waals surface area contributed by atoms with E-state index in [0.29, 0.717) is 12.8 Å². The average molecular weight is 314 g/mol. The first-order valence-corrected chi connectivity index (χ1v) is 8.09. The minimum atomic E-state index is -3.19. The number of hydrogen-bond acceptors (Lipinski definition) is 6. The maximum absolute atomic E-state index is 12.1. The lowest BCUT2D eigenvalue weighted by atomic mass is 10.1. The summed E-state index contributed by atoms with van der Waals surface area (Å²) in [5.41, 5.74) is -0.730. The Balaban J connectivity index is 2.21. The number of phenols is 1. The van der Waals surface area contributed by atoms with Crippen molar-refractivity contribution >= 4 is 21.4 Å². The van der Waals surface area contributed by atoms with Gasteiger partial charge < -0.3 is 10.4 Å². The third-order valence-electron chi connectivity index (χ3n) is 3.22. The first-order chi connectivity index (χ1) is 9.78. The molecular formula is C12H14N2O6S. The lowest BCUT2D eigenvalue weighted by Gasteiger charge is -2.22. The summed E-state index contributed by atoms with van der Waals surface area (Å²) in [4.78, 5) is 22.2. The molecule has 21 heavy (non-hydrogen) atoms. The number of aromatic hydroxyl groups is 1. The number of hydrogen-bond donors (Lipinski definition) is 2. The number of nitrogens with one attached hydrogen (secondary N) is 1. The molecule has 1 aromatic rings. The van der Waals surface area contributed by atoms with Crippen molar-refractivity contribution in [2.75, 3.05) is 11.5 Å². The van der Waals surface area contributed by atoms with Crippen molar-refractivity contribution in [3.8, 4) is 5.75 Å². The molecule has 8 nitrogen and oxygen atoms in total. The smallest absolute Gasteiger partial charge is 0.282 e. The average Bonchev–Trinajstić information content (AvgIpc) is 2.36. The van der Waals surface area contributed by atoms with E-state index in [2.05, 4.69) is 5.32 Å². The van der Waals surface area contributed by atoms with Gasteiger partial charge in [0.2, 0.25) is 0 Å². The molecule has 0 saturated carbocycles. The zero-order valence-corrected chi connectivity index (χ0v) is 11.8. The molecule has 0 aliphatic carbocycles. The zero-order chi connectivity index (χ0) is 15.6. The van der Waals surface area contributed by atoms with Crippen LogP contribution in [0, 0.1) is 10.1 Å². The number of nitrogens with zero attached hydrogens (tertiary/aromatic N) is 1. The summed E-state index contributed by atoms with van der Waals surface area (Å²) in [5.74, 6) is -1.13. The number of rotatable bonds is 3. The normalized spacial score (nSPS) is 20.7. The van der Waals surface area contributed by atoms with Gasteiger partial charge in [0.1, 0.15) is 11.3 Å². The molecule has 1 saturated heterocycles. The highest BCUT2D eigenvalue weighted by Gasteiger charge is 2.28. The van der Waals surface area contributed by atoms with Gasteiger partial charge >= 0.3 is 0 Å². The van der Waals surface area contributed by atoms with E-state index >= 15 is 0 Å². The Bertz CT molecular complexity index is 685. The highest BCUT2D eigenvalue weighted by Crippen LogP contribution is 2.23. The van der Waals surface area contributed by atoms with Crippen LogP contribution in [0.15, 0.2) is 18.2 Å². The SMILES string of the molecule is O=C(NC1CCCS(=O)(=O)C1)c1cc(O)ccc1[N+](=O)[O-]. The number of amides is 1. The van der Waals surface area contributed by atoms with Gasteiger partial charge in [-0.3, -0.25) is 14.9 Å². The second kappa shape index (κ2) is 5.68. The first kappa shape index (κ1) is 15.2.